The van der Waals surface area contributed by atoms with E-state index in [9.17, 15) is 4.79 Å². The molecule has 100 valence electrons. The third-order valence-electron chi connectivity index (χ3n) is 3.35. The van der Waals surface area contributed by atoms with Gasteiger partial charge in [0.2, 0.25) is 0 Å². The van der Waals surface area contributed by atoms with Gasteiger partial charge in [-0.05, 0) is 39.4 Å². The topological polar surface area (TPSA) is 32.3 Å². The van der Waals surface area contributed by atoms with Crippen molar-refractivity contribution >= 4 is 18.3 Å². The zero-order valence-electron chi connectivity index (χ0n) is 11.2. The second-order valence-electron chi connectivity index (χ2n) is 4.90. The van der Waals surface area contributed by atoms with Gasteiger partial charge >= 0.3 is 0 Å². The monoisotopic (exact) mass is 268 g/mol. The first-order chi connectivity index (χ1) is 8.10. The quantitative estimate of drug-likeness (QED) is 0.892. The second kappa shape index (κ2) is 6.21. The highest BCUT2D eigenvalue weighted by Crippen LogP contribution is 2.16. The van der Waals surface area contributed by atoms with Crippen LogP contribution in [0.15, 0.2) is 18.2 Å². The Bertz CT molecular complexity index is 414. The predicted octanol–water partition coefficient (Wildman–Crippen LogP) is 2.16. The summed E-state index contributed by atoms with van der Waals surface area (Å²) in [4.78, 5) is 14.3. The number of nitrogens with zero attached hydrogens (tertiary/aromatic N) is 1. The van der Waals surface area contributed by atoms with E-state index in [4.69, 9.17) is 0 Å². The van der Waals surface area contributed by atoms with Gasteiger partial charge in [0.25, 0.3) is 5.91 Å². The summed E-state index contributed by atoms with van der Waals surface area (Å²) < 4.78 is 0. The van der Waals surface area contributed by atoms with Gasteiger partial charge in [-0.3, -0.25) is 4.79 Å². The van der Waals surface area contributed by atoms with Crippen LogP contribution in [0.2, 0.25) is 0 Å². The number of carbonyl (C=O) groups is 1. The highest BCUT2D eigenvalue weighted by Gasteiger charge is 2.25. The minimum Gasteiger partial charge on any atom is -0.337 e. The summed E-state index contributed by atoms with van der Waals surface area (Å²) >= 11 is 0. The maximum atomic E-state index is 12.3. The van der Waals surface area contributed by atoms with Crippen LogP contribution in [0.1, 0.15) is 27.9 Å². The van der Waals surface area contributed by atoms with Gasteiger partial charge in [-0.2, -0.15) is 0 Å². The lowest BCUT2D eigenvalue weighted by Crippen LogP contribution is -2.33. The fourth-order valence-corrected chi connectivity index (χ4v) is 2.46. The Labute approximate surface area is 115 Å². The first-order valence-electron chi connectivity index (χ1n) is 6.15. The number of nitrogens with one attached hydrogen (secondary N) is 1. The number of likely N-dealkylation sites (N-methyl/N-ethyl adjacent to an activating group) is 1. The van der Waals surface area contributed by atoms with E-state index < -0.39 is 0 Å². The molecule has 1 N–H and O–H groups in total. The average molecular weight is 269 g/mol. The lowest BCUT2D eigenvalue weighted by Gasteiger charge is -2.17. The summed E-state index contributed by atoms with van der Waals surface area (Å²) in [6.45, 7) is 5.74. The van der Waals surface area contributed by atoms with Crippen molar-refractivity contribution in [2.75, 3.05) is 20.1 Å². The fourth-order valence-electron chi connectivity index (χ4n) is 2.46. The number of likely N-dealkylation sites (tertiary alicyclic amines) is 1. The normalized spacial score (nSPS) is 18.6. The lowest BCUT2D eigenvalue weighted by atomic mass is 10.1. The van der Waals surface area contributed by atoms with Crippen molar-refractivity contribution in [3.05, 3.63) is 34.9 Å². The van der Waals surface area contributed by atoms with Crippen molar-refractivity contribution in [3.63, 3.8) is 0 Å². The SMILES string of the molecule is CNC1CCN(C(=O)c2cc(C)cc(C)c2)C1.Cl. The van der Waals surface area contributed by atoms with Crippen molar-refractivity contribution in [1.82, 2.24) is 10.2 Å². The van der Waals surface area contributed by atoms with Crippen LogP contribution in [0.4, 0.5) is 0 Å². The number of amides is 1. The summed E-state index contributed by atoms with van der Waals surface area (Å²) in [5.74, 6) is 0.162. The number of rotatable bonds is 2. The molecule has 1 fully saturated rings. The number of halogens is 1. The molecule has 1 aromatic carbocycles. The molecular weight excluding hydrogens is 248 g/mol. The molecule has 1 atom stereocenters. The summed E-state index contributed by atoms with van der Waals surface area (Å²) in [5, 5.41) is 3.23. The van der Waals surface area contributed by atoms with E-state index in [2.05, 4.69) is 11.4 Å². The van der Waals surface area contributed by atoms with Crippen molar-refractivity contribution in [1.29, 1.82) is 0 Å². The molecule has 1 aliphatic heterocycles. The molecule has 18 heavy (non-hydrogen) atoms. The van der Waals surface area contributed by atoms with Crippen LogP contribution in [-0.2, 0) is 0 Å². The highest BCUT2D eigenvalue weighted by atomic mass is 35.5. The molecule has 1 unspecified atom stereocenters. The minimum absolute atomic E-state index is 0. The number of hydrogen-bond acceptors (Lipinski definition) is 2. The first kappa shape index (κ1) is 15.0. The maximum absolute atomic E-state index is 12.3. The van der Waals surface area contributed by atoms with Gasteiger partial charge in [0.05, 0.1) is 0 Å². The van der Waals surface area contributed by atoms with E-state index in [1.165, 1.54) is 0 Å². The van der Waals surface area contributed by atoms with E-state index in [1.807, 2.05) is 37.9 Å². The van der Waals surface area contributed by atoms with Gasteiger partial charge < -0.3 is 10.2 Å². The molecule has 1 heterocycles. The molecule has 2 rings (SSSR count). The number of benzene rings is 1. The van der Waals surface area contributed by atoms with Gasteiger partial charge in [0, 0.05) is 24.7 Å². The molecule has 0 spiro atoms. The van der Waals surface area contributed by atoms with Crippen LogP contribution in [0.5, 0.6) is 0 Å². The van der Waals surface area contributed by atoms with Crippen LogP contribution in [0, 0.1) is 13.8 Å². The smallest absolute Gasteiger partial charge is 0.253 e. The Kier molecular flexibility index (Phi) is 5.17. The molecule has 0 aromatic heterocycles. The number of hydrogen-bond donors (Lipinski definition) is 1. The van der Waals surface area contributed by atoms with Crippen molar-refractivity contribution in [2.45, 2.75) is 26.3 Å². The minimum atomic E-state index is 0. The average Bonchev–Trinajstić information content (AvgIpc) is 2.75. The molecule has 0 aliphatic carbocycles. The summed E-state index contributed by atoms with van der Waals surface area (Å²) in [5.41, 5.74) is 3.12. The van der Waals surface area contributed by atoms with E-state index in [0.717, 1.165) is 36.2 Å². The molecule has 0 radical (unpaired) electrons. The molecule has 4 heteroatoms. The largest absolute Gasteiger partial charge is 0.337 e. The van der Waals surface area contributed by atoms with Crippen LogP contribution < -0.4 is 5.32 Å². The third-order valence-corrected chi connectivity index (χ3v) is 3.35. The molecule has 0 saturated carbocycles. The molecule has 1 amide bonds. The maximum Gasteiger partial charge on any atom is 0.253 e. The van der Waals surface area contributed by atoms with E-state index >= 15 is 0 Å². The Morgan fingerprint density at radius 2 is 1.89 bits per heavy atom. The lowest BCUT2D eigenvalue weighted by molar-refractivity contribution is 0.0789. The van der Waals surface area contributed by atoms with Crippen molar-refractivity contribution in [3.8, 4) is 0 Å². The zero-order chi connectivity index (χ0) is 12.4. The van der Waals surface area contributed by atoms with Gasteiger partial charge in [-0.25, -0.2) is 0 Å². The van der Waals surface area contributed by atoms with Crippen molar-refractivity contribution in [2.24, 2.45) is 0 Å². The fraction of sp³-hybridized carbons (Fsp3) is 0.500. The number of aryl methyl sites for hydroxylation is 2. The van der Waals surface area contributed by atoms with Gasteiger partial charge in [0.1, 0.15) is 0 Å². The molecule has 1 saturated heterocycles. The Hall–Kier alpha value is -1.06. The second-order valence-corrected chi connectivity index (χ2v) is 4.90. The first-order valence-corrected chi connectivity index (χ1v) is 6.15. The molecular formula is C14H21ClN2O. The zero-order valence-corrected chi connectivity index (χ0v) is 12.0. The van der Waals surface area contributed by atoms with E-state index in [-0.39, 0.29) is 18.3 Å². The molecule has 1 aliphatic rings. The van der Waals surface area contributed by atoms with E-state index in [0.29, 0.717) is 6.04 Å². The van der Waals surface area contributed by atoms with Crippen LogP contribution in [-0.4, -0.2) is 37.0 Å². The standard InChI is InChI=1S/C14H20N2O.ClH/c1-10-6-11(2)8-12(7-10)14(17)16-5-4-13(9-16)15-3;/h6-8,13,15H,4-5,9H2,1-3H3;1H. The van der Waals surface area contributed by atoms with Gasteiger partial charge in [0.15, 0.2) is 0 Å². The van der Waals surface area contributed by atoms with E-state index in [1.54, 1.807) is 0 Å². The van der Waals surface area contributed by atoms with Crippen LogP contribution in [0.25, 0.3) is 0 Å². The summed E-state index contributed by atoms with van der Waals surface area (Å²) in [6, 6.07) is 6.49. The molecule has 0 bridgehead atoms. The Morgan fingerprint density at radius 3 is 2.39 bits per heavy atom. The molecule has 1 aromatic rings. The van der Waals surface area contributed by atoms with Crippen LogP contribution >= 0.6 is 12.4 Å². The van der Waals surface area contributed by atoms with Crippen molar-refractivity contribution < 1.29 is 4.79 Å². The summed E-state index contributed by atoms with van der Waals surface area (Å²) in [7, 11) is 1.95. The molecule has 3 nitrogen and oxygen atoms in total. The number of carbonyl (C=O) groups excluding carboxylic acids is 1. The third kappa shape index (κ3) is 3.24. The summed E-state index contributed by atoms with van der Waals surface area (Å²) in [6.07, 6.45) is 1.05. The van der Waals surface area contributed by atoms with Gasteiger partial charge in [-0.1, -0.05) is 17.2 Å². The predicted molar refractivity (Wildman–Crippen MR) is 76.5 cm³/mol. The Morgan fingerprint density at radius 1 is 1.28 bits per heavy atom. The van der Waals surface area contributed by atoms with Gasteiger partial charge in [-0.15, -0.1) is 12.4 Å². The van der Waals surface area contributed by atoms with Crippen LogP contribution in [0.3, 0.4) is 0 Å². The highest BCUT2D eigenvalue weighted by molar-refractivity contribution is 5.94. The Balaban J connectivity index is 0.00000162.